The monoisotopic (exact) mass is 872 g/mol. The number of aromatic nitrogens is 2. The number of rotatable bonds is 2. The first kappa shape index (κ1) is 37.9. The Morgan fingerprint density at radius 2 is 0.855 bits per heavy atom. The van der Waals surface area contributed by atoms with E-state index in [0.717, 1.165) is 121 Å². The van der Waals surface area contributed by atoms with Crippen molar-refractivity contribution in [2.45, 2.75) is 75.4 Å². The van der Waals surface area contributed by atoms with Crippen LogP contribution >= 0.6 is 22.7 Å². The van der Waals surface area contributed by atoms with Crippen LogP contribution in [0.5, 0.6) is 0 Å². The van der Waals surface area contributed by atoms with Gasteiger partial charge in [-0.15, -0.1) is 22.7 Å². The molecule has 2 saturated carbocycles. The Morgan fingerprint density at radius 3 is 1.19 bits per heavy atom. The van der Waals surface area contributed by atoms with Gasteiger partial charge in [0.25, 0.3) is 0 Å². The van der Waals surface area contributed by atoms with Crippen molar-refractivity contribution < 1.29 is 46.2 Å². The van der Waals surface area contributed by atoms with Crippen LogP contribution in [-0.2, 0) is 20.7 Å². The largest absolute Gasteiger partial charge is 0.481 e. The summed E-state index contributed by atoms with van der Waals surface area (Å²) in [6.45, 7) is 0. The molecule has 6 aliphatic carbocycles. The fraction of sp³-hybridized carbons (Fsp3) is 0.292. The minimum Gasteiger partial charge on any atom is -0.481 e. The number of fused-ring (bicyclic) bond motifs is 11. The van der Waals surface area contributed by atoms with E-state index in [1.165, 1.54) is 34.8 Å². The van der Waals surface area contributed by atoms with E-state index in [1.807, 2.05) is 0 Å². The molecule has 8 aliphatic rings. The molecule has 12 rings (SSSR count). The molecule has 310 valence electrons. The van der Waals surface area contributed by atoms with Crippen molar-refractivity contribution in [3.05, 3.63) is 148 Å². The van der Waals surface area contributed by atoms with Gasteiger partial charge in [0.15, 0.2) is 57.6 Å². The van der Waals surface area contributed by atoms with Crippen LogP contribution in [0.2, 0.25) is 0 Å². The van der Waals surface area contributed by atoms with Gasteiger partial charge in [-0.05, 0) is 99.9 Å². The summed E-state index contributed by atoms with van der Waals surface area (Å²) in [6.07, 6.45) is 20.1. The van der Waals surface area contributed by atoms with Crippen LogP contribution in [0.25, 0.3) is 23.3 Å². The number of hydrogen-bond donors (Lipinski definition) is 0. The van der Waals surface area contributed by atoms with Crippen molar-refractivity contribution in [1.82, 2.24) is 9.97 Å². The van der Waals surface area contributed by atoms with Crippen LogP contribution in [0.3, 0.4) is 0 Å². The molecule has 2 spiro atoms. The first-order valence-corrected chi connectivity index (χ1v) is 22.4. The maximum atomic E-state index is 14.1. The van der Waals surface area contributed by atoms with Gasteiger partial charge in [-0.1, -0.05) is 25.0 Å². The van der Waals surface area contributed by atoms with Crippen LogP contribution < -0.4 is 0 Å². The molecule has 2 aromatic carbocycles. The Morgan fingerprint density at radius 1 is 0.516 bits per heavy atom. The number of allylic oxidation sites excluding steroid dienone is 8. The van der Waals surface area contributed by atoms with Crippen molar-refractivity contribution in [2.75, 3.05) is 0 Å². The standard InChI is InChI=1S/C48H32F4N2O6S2/c49-31-15-23-24(16-32(31)50)40(56)29(39(23)55)19-37-53-45-43(61-37)27-11-22-14-36-28(12-21(22)13-35(27)59-47(45)7-3-1-4-8-47)44-46(48(60-36)9-5-2-6-10-48)54-38(62-44)20-30-41(57)25-17-33(51)34(52)18-26(25)42(30)58/h11-22H,1-10H2. The number of halogens is 4. The number of ketones is 4. The molecular weight excluding hydrogens is 841 g/mol. The maximum absolute atomic E-state index is 14.1. The fourth-order valence-corrected chi connectivity index (χ4v) is 12.8. The van der Waals surface area contributed by atoms with Crippen molar-refractivity contribution in [3.8, 4) is 0 Å². The molecule has 2 aromatic heterocycles. The zero-order valence-corrected chi connectivity index (χ0v) is 34.3. The Kier molecular flexibility index (Phi) is 8.14. The summed E-state index contributed by atoms with van der Waals surface area (Å²) in [5, 5.41) is 0.843. The third kappa shape index (κ3) is 5.41. The Hall–Kier alpha value is -5.86. The highest BCUT2D eigenvalue weighted by molar-refractivity contribution is 7.14. The second-order valence-corrected chi connectivity index (χ2v) is 19.3. The molecular formula is C48H32F4N2O6S2. The van der Waals surface area contributed by atoms with Gasteiger partial charge in [0.1, 0.15) is 32.9 Å². The molecule has 0 saturated heterocycles. The number of nitrogens with zero attached hydrogens (tertiary/aromatic N) is 2. The second-order valence-electron chi connectivity index (χ2n) is 17.2. The van der Waals surface area contributed by atoms with Crippen LogP contribution in [0.4, 0.5) is 17.6 Å². The van der Waals surface area contributed by atoms with Crippen molar-refractivity contribution in [3.63, 3.8) is 0 Å². The summed E-state index contributed by atoms with van der Waals surface area (Å²) in [6, 6.07) is 3.09. The lowest BCUT2D eigenvalue weighted by molar-refractivity contribution is -0.0374. The average molecular weight is 873 g/mol. The molecule has 0 bridgehead atoms. The van der Waals surface area contributed by atoms with Crippen molar-refractivity contribution >= 4 is 69.1 Å². The van der Waals surface area contributed by atoms with Gasteiger partial charge in [0.05, 0.1) is 20.9 Å². The number of Topliss-reactive ketones (excluding diaryl/α,β-unsaturated/α-hetero) is 4. The highest BCUT2D eigenvalue weighted by Crippen LogP contribution is 2.58. The van der Waals surface area contributed by atoms with E-state index < -0.39 is 57.6 Å². The summed E-state index contributed by atoms with van der Waals surface area (Å²) in [5.74, 6) is -6.34. The van der Waals surface area contributed by atoms with Crippen molar-refractivity contribution in [2.24, 2.45) is 11.8 Å². The lowest BCUT2D eigenvalue weighted by Crippen LogP contribution is -2.38. The summed E-state index contributed by atoms with van der Waals surface area (Å²) in [5.41, 5.74) is 0.713. The zero-order valence-electron chi connectivity index (χ0n) is 32.7. The number of carbonyl (C=O) groups is 4. The molecule has 14 heteroatoms. The smallest absolute Gasteiger partial charge is 0.197 e. The van der Waals surface area contributed by atoms with Crippen molar-refractivity contribution in [1.29, 1.82) is 0 Å². The van der Waals surface area contributed by atoms with E-state index in [9.17, 15) is 36.7 Å². The van der Waals surface area contributed by atoms with E-state index >= 15 is 0 Å². The number of carbonyl (C=O) groups excluding carboxylic acids is 4. The SMILES string of the molecule is O=C1C(=Cc2nc3c(s2)C2=CC4C=C5OC6(CCCCC6)c6nc(C=C7C(=O)c8cc(F)c(F)cc8C7=O)sc6C5=CC4C=C2OC32CCCCC2)C(=O)c2cc(F)c(F)cc21. The summed E-state index contributed by atoms with van der Waals surface area (Å²) in [7, 11) is 0. The van der Waals surface area contributed by atoms with Crippen LogP contribution in [0.15, 0.2) is 71.2 Å². The lowest BCUT2D eigenvalue weighted by Gasteiger charge is -2.45. The van der Waals surface area contributed by atoms with Crippen LogP contribution in [-0.4, -0.2) is 33.1 Å². The van der Waals surface area contributed by atoms with Gasteiger partial charge in [0.2, 0.25) is 0 Å². The third-order valence-corrected chi connectivity index (χ3v) is 15.6. The predicted octanol–water partition coefficient (Wildman–Crippen LogP) is 11.0. The van der Waals surface area contributed by atoms with E-state index in [2.05, 4.69) is 24.3 Å². The van der Waals surface area contributed by atoms with Gasteiger partial charge in [-0.25, -0.2) is 27.5 Å². The molecule has 0 amide bonds. The molecule has 62 heavy (non-hydrogen) atoms. The van der Waals surface area contributed by atoms with Crippen LogP contribution in [0.1, 0.15) is 137 Å². The molecule has 2 unspecified atom stereocenters. The molecule has 0 N–H and O–H groups in total. The molecule has 0 radical (unpaired) electrons. The first-order valence-electron chi connectivity index (χ1n) is 20.8. The minimum absolute atomic E-state index is 0.143. The quantitative estimate of drug-likeness (QED) is 0.111. The number of hydrogen-bond acceptors (Lipinski definition) is 10. The predicted molar refractivity (Wildman–Crippen MR) is 221 cm³/mol. The fourth-order valence-electron chi connectivity index (χ4n) is 10.5. The maximum Gasteiger partial charge on any atom is 0.197 e. The zero-order chi connectivity index (χ0) is 42.4. The molecule has 2 fully saturated rings. The highest BCUT2D eigenvalue weighted by Gasteiger charge is 2.50. The minimum atomic E-state index is -1.20. The Labute approximate surface area is 359 Å². The van der Waals surface area contributed by atoms with E-state index in [1.54, 1.807) is 0 Å². The van der Waals surface area contributed by atoms with E-state index in [0.29, 0.717) is 21.5 Å². The van der Waals surface area contributed by atoms with E-state index in [-0.39, 0.29) is 45.2 Å². The topological polar surface area (TPSA) is 113 Å². The lowest BCUT2D eigenvalue weighted by atomic mass is 9.73. The molecule has 4 aromatic rings. The molecule has 2 atom stereocenters. The Bertz CT molecular complexity index is 2740. The van der Waals surface area contributed by atoms with Gasteiger partial charge in [0, 0.05) is 45.2 Å². The van der Waals surface area contributed by atoms with E-state index in [4.69, 9.17) is 19.4 Å². The van der Waals surface area contributed by atoms with Gasteiger partial charge < -0.3 is 9.47 Å². The first-order chi connectivity index (χ1) is 29.9. The summed E-state index contributed by atoms with van der Waals surface area (Å²) < 4.78 is 70.5. The van der Waals surface area contributed by atoms with Gasteiger partial charge >= 0.3 is 0 Å². The molecule has 2 aliphatic heterocycles. The normalized spacial score (nSPS) is 23.5. The Balaban J connectivity index is 0.932. The van der Waals surface area contributed by atoms with Gasteiger partial charge in [-0.2, -0.15) is 0 Å². The third-order valence-electron chi connectivity index (χ3n) is 13.6. The molecule has 4 heterocycles. The van der Waals surface area contributed by atoms with Crippen LogP contribution in [0, 0.1) is 35.1 Å². The summed E-state index contributed by atoms with van der Waals surface area (Å²) in [4.78, 5) is 65.2. The van der Waals surface area contributed by atoms with Gasteiger partial charge in [-0.3, -0.25) is 19.2 Å². The number of ether oxygens (including phenoxy) is 2. The summed E-state index contributed by atoms with van der Waals surface area (Å²) >= 11 is 2.71. The molecule has 8 nitrogen and oxygen atoms in total. The number of benzene rings is 2. The average Bonchev–Trinajstić information content (AvgIpc) is 4.00. The number of thiazole rings is 2. The second kappa shape index (κ2) is 13.3. The highest BCUT2D eigenvalue weighted by atomic mass is 32.1.